The third kappa shape index (κ3) is 5.49. The Morgan fingerprint density at radius 2 is 1.91 bits per heavy atom. The third-order valence-corrected chi connectivity index (χ3v) is 8.40. The van der Waals surface area contributed by atoms with E-state index in [1.807, 2.05) is 42.1 Å². The molecule has 11 nitrogen and oxygen atoms in total. The second kappa shape index (κ2) is 11.5. The molecule has 4 heterocycles. The summed E-state index contributed by atoms with van der Waals surface area (Å²) in [5.41, 5.74) is 8.42. The van der Waals surface area contributed by atoms with Crippen molar-refractivity contribution in [3.63, 3.8) is 0 Å². The summed E-state index contributed by atoms with van der Waals surface area (Å²) in [6.07, 6.45) is 5.41. The van der Waals surface area contributed by atoms with Crippen molar-refractivity contribution in [2.45, 2.75) is 32.1 Å². The van der Waals surface area contributed by atoms with Crippen LogP contribution in [0.2, 0.25) is 0 Å². The Morgan fingerprint density at radius 3 is 2.73 bits per heavy atom. The van der Waals surface area contributed by atoms with E-state index >= 15 is 0 Å². The lowest BCUT2D eigenvalue weighted by Crippen LogP contribution is -2.23. The molecular weight excluding hydrogens is 570 g/mol. The first-order valence-corrected chi connectivity index (χ1v) is 14.8. The van der Waals surface area contributed by atoms with Crippen molar-refractivity contribution in [1.29, 1.82) is 0 Å². The molecule has 45 heavy (non-hydrogen) atoms. The normalized spacial score (nSPS) is 14.2. The van der Waals surface area contributed by atoms with Crippen molar-refractivity contribution >= 4 is 33.8 Å². The van der Waals surface area contributed by atoms with Gasteiger partial charge in [-0.1, -0.05) is 30.3 Å². The number of phenolic OH excluding ortho intramolecular Hbond substituents is 1. The molecule has 0 saturated carbocycles. The van der Waals surface area contributed by atoms with E-state index in [1.165, 1.54) is 6.07 Å². The molecule has 1 unspecified atom stereocenters. The molecule has 1 atom stereocenters. The van der Waals surface area contributed by atoms with E-state index in [0.29, 0.717) is 38.2 Å². The highest BCUT2D eigenvalue weighted by Gasteiger charge is 2.33. The van der Waals surface area contributed by atoms with E-state index in [0.717, 1.165) is 55.4 Å². The first-order valence-electron chi connectivity index (χ1n) is 14.8. The van der Waals surface area contributed by atoms with E-state index in [9.17, 15) is 14.7 Å². The summed E-state index contributed by atoms with van der Waals surface area (Å²) in [7, 11) is 1.94. The lowest BCUT2D eigenvalue weighted by Gasteiger charge is -2.15. The molecule has 0 fully saturated rings. The maximum absolute atomic E-state index is 12.8. The van der Waals surface area contributed by atoms with Crippen LogP contribution in [0.25, 0.3) is 21.8 Å². The number of aryl methyl sites for hydroxylation is 1. The topological polar surface area (TPSA) is 149 Å². The van der Waals surface area contributed by atoms with Gasteiger partial charge in [-0.2, -0.15) is 0 Å². The number of imidazole rings is 1. The second-order valence-electron chi connectivity index (χ2n) is 11.5. The number of aromatic amines is 1. The van der Waals surface area contributed by atoms with Crippen LogP contribution in [0, 0.1) is 0 Å². The molecular formula is C34H33N7O4. The highest BCUT2D eigenvalue weighted by molar-refractivity contribution is 6.01. The fraction of sp³-hybridized carbons (Fsp3) is 0.206. The van der Waals surface area contributed by atoms with Crippen LogP contribution >= 0.6 is 0 Å². The van der Waals surface area contributed by atoms with Crippen LogP contribution in [0.3, 0.4) is 0 Å². The Bertz CT molecular complexity index is 2070. The lowest BCUT2D eigenvalue weighted by atomic mass is 9.95. The Hall–Kier alpha value is -5.55. The van der Waals surface area contributed by atoms with E-state index < -0.39 is 6.09 Å². The fourth-order valence-electron chi connectivity index (χ4n) is 6.41. The zero-order valence-corrected chi connectivity index (χ0v) is 24.7. The minimum atomic E-state index is -1.03. The highest BCUT2D eigenvalue weighted by atomic mass is 16.4. The number of carboxylic acid groups (broad SMARTS) is 1. The summed E-state index contributed by atoms with van der Waals surface area (Å²) in [4.78, 5) is 31.9. The largest absolute Gasteiger partial charge is 0.508 e. The zero-order chi connectivity index (χ0) is 31.1. The van der Waals surface area contributed by atoms with Crippen molar-refractivity contribution in [3.8, 4) is 5.75 Å². The monoisotopic (exact) mass is 603 g/mol. The number of nitrogens with one attached hydrogen (secondary N) is 4. The number of fused-ring (bicyclic) bond motifs is 3. The van der Waals surface area contributed by atoms with Crippen molar-refractivity contribution in [3.05, 3.63) is 119 Å². The van der Waals surface area contributed by atoms with Gasteiger partial charge < -0.3 is 40.3 Å². The molecule has 3 aromatic heterocycles. The van der Waals surface area contributed by atoms with Gasteiger partial charge in [-0.05, 0) is 53.4 Å². The SMILES string of the molecule is Cn1cnc(Cn2cc(CCNC(=O)O)c3ccc(CNCc4[nH]c5ccccc5c4C4NC(=O)c5ccc(O)cc54)cc32)c1. The Morgan fingerprint density at radius 1 is 1.04 bits per heavy atom. The van der Waals surface area contributed by atoms with Crippen molar-refractivity contribution in [2.75, 3.05) is 6.54 Å². The summed E-state index contributed by atoms with van der Waals surface area (Å²) in [6.45, 7) is 2.07. The Balaban J connectivity index is 1.15. The predicted molar refractivity (Wildman–Crippen MR) is 170 cm³/mol. The molecule has 7 rings (SSSR count). The predicted octanol–water partition coefficient (Wildman–Crippen LogP) is 4.54. The summed E-state index contributed by atoms with van der Waals surface area (Å²) >= 11 is 0. The number of amides is 2. The minimum absolute atomic E-state index is 0.124. The molecule has 1 aliphatic rings. The standard InChI is InChI=1S/C34H33N7O4/c1-40-17-22(37-19-40)18-41-16-21(10-11-36-34(44)45)24-8-6-20(12-30(24)41)14-35-15-29-31(26-4-2-3-5-28(26)38-29)32-27-13-23(42)7-9-25(27)33(43)39-32/h2-9,12-13,16-17,19,32,35-36,38,42H,10-11,14-15,18H2,1H3,(H,39,43)(H,44,45). The number of aromatic nitrogens is 4. The quantitative estimate of drug-likeness (QED) is 0.135. The van der Waals surface area contributed by atoms with Crippen LogP contribution in [-0.2, 0) is 33.1 Å². The van der Waals surface area contributed by atoms with Crippen LogP contribution in [0.5, 0.6) is 5.75 Å². The molecule has 0 aliphatic carbocycles. The first-order chi connectivity index (χ1) is 21.8. The Kier molecular flexibility index (Phi) is 7.22. The van der Waals surface area contributed by atoms with Crippen molar-refractivity contribution < 1.29 is 19.8 Å². The van der Waals surface area contributed by atoms with Gasteiger partial charge in [-0.15, -0.1) is 0 Å². The lowest BCUT2D eigenvalue weighted by molar-refractivity contribution is 0.0960. The van der Waals surface area contributed by atoms with Crippen LogP contribution in [0.1, 0.15) is 50.0 Å². The molecule has 6 N–H and O–H groups in total. The molecule has 0 saturated heterocycles. The average molecular weight is 604 g/mol. The minimum Gasteiger partial charge on any atom is -0.508 e. The number of H-pyrrole nitrogens is 1. The molecule has 2 amide bonds. The summed E-state index contributed by atoms with van der Waals surface area (Å²) in [5, 5.41) is 30.5. The number of benzene rings is 3. The molecule has 228 valence electrons. The summed E-state index contributed by atoms with van der Waals surface area (Å²) < 4.78 is 4.09. The molecule has 11 heteroatoms. The molecule has 0 radical (unpaired) electrons. The van der Waals surface area contributed by atoms with Gasteiger partial charge in [0.2, 0.25) is 0 Å². The van der Waals surface area contributed by atoms with Gasteiger partial charge in [0, 0.05) is 77.7 Å². The number of hydrogen-bond acceptors (Lipinski definition) is 5. The van der Waals surface area contributed by atoms with Crippen LogP contribution in [0.4, 0.5) is 4.79 Å². The summed E-state index contributed by atoms with van der Waals surface area (Å²) in [6, 6.07) is 18.9. The van der Waals surface area contributed by atoms with Gasteiger partial charge in [-0.25, -0.2) is 9.78 Å². The van der Waals surface area contributed by atoms with E-state index in [2.05, 4.69) is 54.9 Å². The van der Waals surface area contributed by atoms with Gasteiger partial charge >= 0.3 is 6.09 Å². The van der Waals surface area contributed by atoms with Gasteiger partial charge in [-0.3, -0.25) is 4.79 Å². The number of nitrogens with zero attached hydrogens (tertiary/aromatic N) is 3. The average Bonchev–Trinajstić information content (AvgIpc) is 3.77. The molecule has 0 spiro atoms. The zero-order valence-electron chi connectivity index (χ0n) is 24.7. The van der Waals surface area contributed by atoms with E-state index in [1.54, 1.807) is 18.5 Å². The number of hydrogen-bond donors (Lipinski definition) is 6. The number of aromatic hydroxyl groups is 1. The van der Waals surface area contributed by atoms with Crippen molar-refractivity contribution in [2.24, 2.45) is 7.05 Å². The maximum Gasteiger partial charge on any atom is 0.404 e. The van der Waals surface area contributed by atoms with Crippen LogP contribution in [-0.4, -0.2) is 47.9 Å². The van der Waals surface area contributed by atoms with Crippen LogP contribution in [0.15, 0.2) is 79.4 Å². The highest BCUT2D eigenvalue weighted by Crippen LogP contribution is 2.38. The van der Waals surface area contributed by atoms with Crippen LogP contribution < -0.4 is 16.0 Å². The van der Waals surface area contributed by atoms with E-state index in [-0.39, 0.29) is 17.7 Å². The van der Waals surface area contributed by atoms with E-state index in [4.69, 9.17) is 5.11 Å². The van der Waals surface area contributed by atoms with Gasteiger partial charge in [0.25, 0.3) is 5.91 Å². The molecule has 6 aromatic rings. The van der Waals surface area contributed by atoms with Crippen molar-refractivity contribution in [1.82, 2.24) is 35.1 Å². The van der Waals surface area contributed by atoms with Gasteiger partial charge in [0.1, 0.15) is 5.75 Å². The molecule has 3 aromatic carbocycles. The number of phenols is 1. The maximum atomic E-state index is 12.8. The second-order valence-corrected chi connectivity index (χ2v) is 11.5. The van der Waals surface area contributed by atoms with Gasteiger partial charge in [0.15, 0.2) is 0 Å². The fourth-order valence-corrected chi connectivity index (χ4v) is 6.41. The first kappa shape index (κ1) is 28.2. The summed E-state index contributed by atoms with van der Waals surface area (Å²) in [5.74, 6) is -0.0291. The number of carbonyl (C=O) groups excluding carboxylic acids is 1. The number of rotatable bonds is 10. The number of para-hydroxylation sites is 1. The molecule has 0 bridgehead atoms. The molecule has 1 aliphatic heterocycles. The smallest absolute Gasteiger partial charge is 0.404 e. The Labute approximate surface area is 258 Å². The number of carbonyl (C=O) groups is 2. The third-order valence-electron chi connectivity index (χ3n) is 8.40. The van der Waals surface area contributed by atoms with Gasteiger partial charge in [0.05, 0.1) is 24.6 Å².